The molecule has 0 saturated carbocycles. The third-order valence-corrected chi connectivity index (χ3v) is 5.42. The summed E-state index contributed by atoms with van der Waals surface area (Å²) in [6.07, 6.45) is 3.60. The monoisotopic (exact) mass is 393 g/mol. The summed E-state index contributed by atoms with van der Waals surface area (Å²) in [7, 11) is 3.27. The van der Waals surface area contributed by atoms with Crippen LogP contribution in [0.5, 0.6) is 11.5 Å². The second-order valence-corrected chi connectivity index (χ2v) is 7.88. The normalized spacial score (nSPS) is 13.6. The minimum absolute atomic E-state index is 0.0239. The standard InChI is InChI=1S/C23H27N3O3/c1-15(2)11-21-24-22(18-7-5-6-9-26(18)21)23(27)25-10-8-16-12-19(28-3)20(29-4)13-17(16)14-25/h5-7,9,12-13,15H,8,10-11,14H2,1-4H3. The first-order valence-corrected chi connectivity index (χ1v) is 10.0. The molecule has 2 aromatic heterocycles. The van der Waals surface area contributed by atoms with Gasteiger partial charge in [-0.1, -0.05) is 19.9 Å². The molecule has 0 N–H and O–H groups in total. The van der Waals surface area contributed by atoms with Crippen LogP contribution in [0, 0.1) is 5.92 Å². The molecule has 4 rings (SSSR count). The van der Waals surface area contributed by atoms with Gasteiger partial charge in [-0.25, -0.2) is 4.98 Å². The van der Waals surface area contributed by atoms with Crippen molar-refractivity contribution in [3.8, 4) is 11.5 Å². The van der Waals surface area contributed by atoms with E-state index in [2.05, 4.69) is 13.8 Å². The molecule has 0 fully saturated rings. The van der Waals surface area contributed by atoms with Gasteiger partial charge in [-0.15, -0.1) is 0 Å². The van der Waals surface area contributed by atoms with E-state index in [0.717, 1.165) is 35.5 Å². The first-order chi connectivity index (χ1) is 14.0. The number of carbonyl (C=O) groups is 1. The lowest BCUT2D eigenvalue weighted by Crippen LogP contribution is -2.36. The van der Waals surface area contributed by atoms with Crippen LogP contribution in [0.4, 0.5) is 0 Å². The quantitative estimate of drug-likeness (QED) is 0.663. The molecule has 1 aliphatic rings. The molecule has 0 spiro atoms. The number of ether oxygens (including phenoxy) is 2. The van der Waals surface area contributed by atoms with Crippen molar-refractivity contribution in [2.45, 2.75) is 33.2 Å². The summed E-state index contributed by atoms with van der Waals surface area (Å²) in [5, 5.41) is 0. The Bertz CT molecular complexity index is 1050. The average Bonchev–Trinajstić information content (AvgIpc) is 3.09. The maximum atomic E-state index is 13.4. The number of hydrogen-bond donors (Lipinski definition) is 0. The Labute approximate surface area is 171 Å². The smallest absolute Gasteiger partial charge is 0.275 e. The number of hydrogen-bond acceptors (Lipinski definition) is 4. The van der Waals surface area contributed by atoms with Gasteiger partial charge in [0.2, 0.25) is 0 Å². The molecule has 1 amide bonds. The first kappa shape index (κ1) is 19.3. The molecule has 6 heteroatoms. The van der Waals surface area contributed by atoms with E-state index < -0.39 is 0 Å². The van der Waals surface area contributed by atoms with Gasteiger partial charge in [-0.2, -0.15) is 0 Å². The van der Waals surface area contributed by atoms with Crippen molar-refractivity contribution < 1.29 is 14.3 Å². The number of imidazole rings is 1. The lowest BCUT2D eigenvalue weighted by Gasteiger charge is -2.29. The maximum Gasteiger partial charge on any atom is 0.275 e. The van der Waals surface area contributed by atoms with Crippen LogP contribution in [-0.4, -0.2) is 41.0 Å². The van der Waals surface area contributed by atoms with Crippen molar-refractivity contribution in [3.63, 3.8) is 0 Å². The fourth-order valence-corrected chi connectivity index (χ4v) is 3.97. The highest BCUT2D eigenvalue weighted by atomic mass is 16.5. The number of rotatable bonds is 5. The molecule has 3 aromatic rings. The Hall–Kier alpha value is -3.02. The van der Waals surface area contributed by atoms with E-state index in [4.69, 9.17) is 14.5 Å². The van der Waals surface area contributed by atoms with E-state index in [1.54, 1.807) is 14.2 Å². The minimum Gasteiger partial charge on any atom is -0.493 e. The van der Waals surface area contributed by atoms with Gasteiger partial charge in [0.05, 0.1) is 19.7 Å². The summed E-state index contributed by atoms with van der Waals surface area (Å²) >= 11 is 0. The summed E-state index contributed by atoms with van der Waals surface area (Å²) in [6, 6.07) is 9.89. The molecule has 6 nitrogen and oxygen atoms in total. The van der Waals surface area contributed by atoms with E-state index in [1.807, 2.05) is 45.8 Å². The lowest BCUT2D eigenvalue weighted by molar-refractivity contribution is 0.0731. The Morgan fingerprint density at radius 1 is 1.14 bits per heavy atom. The molecule has 1 aromatic carbocycles. The third-order valence-electron chi connectivity index (χ3n) is 5.42. The average molecular weight is 393 g/mol. The van der Waals surface area contributed by atoms with Gasteiger partial charge in [-0.05, 0) is 47.7 Å². The minimum atomic E-state index is -0.0239. The molecule has 3 heterocycles. The topological polar surface area (TPSA) is 56.1 Å². The molecule has 0 unspecified atom stereocenters. The zero-order chi connectivity index (χ0) is 20.5. The molecule has 0 aliphatic carbocycles. The van der Waals surface area contributed by atoms with Crippen molar-refractivity contribution in [3.05, 3.63) is 59.2 Å². The summed E-state index contributed by atoms with van der Waals surface area (Å²) < 4.78 is 12.9. The number of fused-ring (bicyclic) bond motifs is 2. The Morgan fingerprint density at radius 2 is 1.86 bits per heavy atom. The Balaban J connectivity index is 1.66. The van der Waals surface area contributed by atoms with Crippen LogP contribution in [0.15, 0.2) is 36.5 Å². The molecule has 29 heavy (non-hydrogen) atoms. The zero-order valence-corrected chi connectivity index (χ0v) is 17.4. The first-order valence-electron chi connectivity index (χ1n) is 10.0. The van der Waals surface area contributed by atoms with Crippen LogP contribution < -0.4 is 9.47 Å². The number of methoxy groups -OCH3 is 2. The van der Waals surface area contributed by atoms with Gasteiger partial charge < -0.3 is 18.8 Å². The van der Waals surface area contributed by atoms with Crippen LogP contribution in [0.25, 0.3) is 5.52 Å². The van der Waals surface area contributed by atoms with Gasteiger partial charge in [0.25, 0.3) is 5.91 Å². The third kappa shape index (κ3) is 3.55. The van der Waals surface area contributed by atoms with E-state index >= 15 is 0 Å². The van der Waals surface area contributed by atoms with Gasteiger partial charge in [0, 0.05) is 25.7 Å². The number of nitrogens with zero attached hydrogens (tertiary/aromatic N) is 3. The summed E-state index contributed by atoms with van der Waals surface area (Å²) in [5.74, 6) is 2.79. The Morgan fingerprint density at radius 3 is 2.55 bits per heavy atom. The van der Waals surface area contributed by atoms with Gasteiger partial charge in [-0.3, -0.25) is 4.79 Å². The zero-order valence-electron chi connectivity index (χ0n) is 17.4. The number of aromatic nitrogens is 2. The highest BCUT2D eigenvalue weighted by Gasteiger charge is 2.27. The Kier molecular flexibility index (Phi) is 5.18. The summed E-state index contributed by atoms with van der Waals surface area (Å²) in [4.78, 5) is 20.0. The van der Waals surface area contributed by atoms with Crippen LogP contribution in [0.1, 0.15) is 41.3 Å². The maximum absolute atomic E-state index is 13.4. The fraction of sp³-hybridized carbons (Fsp3) is 0.391. The van der Waals surface area contributed by atoms with Crippen molar-refractivity contribution in [1.29, 1.82) is 0 Å². The SMILES string of the molecule is COc1cc2c(cc1OC)CN(C(=O)c1nc(CC(C)C)n3ccccc13)CC2. The number of benzene rings is 1. The highest BCUT2D eigenvalue weighted by Crippen LogP contribution is 2.33. The second kappa shape index (κ2) is 7.78. The molecule has 152 valence electrons. The number of amides is 1. The second-order valence-electron chi connectivity index (χ2n) is 7.88. The van der Waals surface area contributed by atoms with Crippen LogP contribution in [-0.2, 0) is 19.4 Å². The van der Waals surface area contributed by atoms with E-state index in [0.29, 0.717) is 30.5 Å². The molecule has 0 radical (unpaired) electrons. The lowest BCUT2D eigenvalue weighted by atomic mass is 9.98. The van der Waals surface area contributed by atoms with Crippen molar-refractivity contribution in [2.24, 2.45) is 5.92 Å². The van der Waals surface area contributed by atoms with E-state index in [1.165, 1.54) is 5.56 Å². The van der Waals surface area contributed by atoms with Gasteiger partial charge in [0.15, 0.2) is 17.2 Å². The predicted molar refractivity (Wildman–Crippen MR) is 112 cm³/mol. The summed E-state index contributed by atoms with van der Waals surface area (Å²) in [6.45, 7) is 5.52. The van der Waals surface area contributed by atoms with Crippen molar-refractivity contribution in [1.82, 2.24) is 14.3 Å². The highest BCUT2D eigenvalue weighted by molar-refractivity contribution is 5.99. The molecule has 0 saturated heterocycles. The fourth-order valence-electron chi connectivity index (χ4n) is 3.97. The van der Waals surface area contributed by atoms with Crippen molar-refractivity contribution in [2.75, 3.05) is 20.8 Å². The predicted octanol–water partition coefficient (Wildman–Crippen LogP) is 3.75. The number of carbonyl (C=O) groups excluding carboxylic acids is 1. The number of pyridine rings is 1. The van der Waals surface area contributed by atoms with Gasteiger partial charge in [0.1, 0.15) is 5.82 Å². The molecular formula is C23H27N3O3. The van der Waals surface area contributed by atoms with Crippen LogP contribution in [0.3, 0.4) is 0 Å². The van der Waals surface area contributed by atoms with Crippen LogP contribution in [0.2, 0.25) is 0 Å². The molecular weight excluding hydrogens is 366 g/mol. The van der Waals surface area contributed by atoms with Crippen molar-refractivity contribution >= 4 is 11.4 Å². The molecule has 0 atom stereocenters. The molecule has 0 bridgehead atoms. The van der Waals surface area contributed by atoms with E-state index in [9.17, 15) is 4.79 Å². The largest absolute Gasteiger partial charge is 0.493 e. The summed E-state index contributed by atoms with van der Waals surface area (Å²) in [5.41, 5.74) is 3.69. The van der Waals surface area contributed by atoms with E-state index in [-0.39, 0.29) is 5.91 Å². The molecule has 1 aliphatic heterocycles. The van der Waals surface area contributed by atoms with Crippen LogP contribution >= 0.6 is 0 Å². The van der Waals surface area contributed by atoms with Gasteiger partial charge >= 0.3 is 0 Å².